The Bertz CT molecular complexity index is 723. The van der Waals surface area contributed by atoms with Crippen molar-refractivity contribution in [3.05, 3.63) is 65.5 Å². The highest BCUT2D eigenvalue weighted by Gasteiger charge is 2.37. The average Bonchev–Trinajstić information content (AvgIpc) is 3.09. The third kappa shape index (κ3) is 4.91. The van der Waals surface area contributed by atoms with Gasteiger partial charge < -0.3 is 4.74 Å². The molecule has 0 unspecified atom stereocenters. The first-order valence-corrected chi connectivity index (χ1v) is 9.41. The normalized spacial score (nSPS) is 20.2. The predicted octanol–water partition coefficient (Wildman–Crippen LogP) is 3.81. The number of likely N-dealkylation sites (tertiary alicyclic amines) is 1. The van der Waals surface area contributed by atoms with E-state index in [1.165, 1.54) is 17.5 Å². The van der Waals surface area contributed by atoms with Crippen molar-refractivity contribution in [2.45, 2.75) is 32.7 Å². The number of nitriles is 1. The molecule has 1 aliphatic heterocycles. The maximum atomic E-state index is 8.94. The fourth-order valence-corrected chi connectivity index (χ4v) is 3.78. The SMILES string of the molecule is CCOC[C@]1(CCc2ccc(C#N)cc2)CCN(Cc2cccnc2)C1. The summed E-state index contributed by atoms with van der Waals surface area (Å²) in [5.41, 5.74) is 3.50. The van der Waals surface area contributed by atoms with Crippen molar-refractivity contribution in [2.24, 2.45) is 5.41 Å². The van der Waals surface area contributed by atoms with Crippen molar-refractivity contribution >= 4 is 0 Å². The third-order valence-electron chi connectivity index (χ3n) is 5.29. The van der Waals surface area contributed by atoms with Crippen LogP contribution < -0.4 is 0 Å². The van der Waals surface area contributed by atoms with E-state index in [9.17, 15) is 0 Å². The molecule has 1 aromatic heterocycles. The van der Waals surface area contributed by atoms with Crippen LogP contribution in [0.5, 0.6) is 0 Å². The Hall–Kier alpha value is -2.22. The molecule has 4 heteroatoms. The molecule has 1 saturated heterocycles. The van der Waals surface area contributed by atoms with Crippen molar-refractivity contribution in [1.82, 2.24) is 9.88 Å². The zero-order chi connectivity index (χ0) is 18.2. The molecule has 0 N–H and O–H groups in total. The van der Waals surface area contributed by atoms with Gasteiger partial charge in [-0.25, -0.2) is 0 Å². The van der Waals surface area contributed by atoms with Gasteiger partial charge in [-0.3, -0.25) is 9.88 Å². The molecule has 0 saturated carbocycles. The van der Waals surface area contributed by atoms with Crippen LogP contribution in [0.3, 0.4) is 0 Å². The Kier molecular flexibility index (Phi) is 6.38. The third-order valence-corrected chi connectivity index (χ3v) is 5.29. The molecule has 0 amide bonds. The van der Waals surface area contributed by atoms with Crippen LogP contribution in [0.2, 0.25) is 0 Å². The topological polar surface area (TPSA) is 49.1 Å². The summed E-state index contributed by atoms with van der Waals surface area (Å²) in [5.74, 6) is 0. The van der Waals surface area contributed by atoms with Gasteiger partial charge in [0, 0.05) is 37.5 Å². The lowest BCUT2D eigenvalue weighted by molar-refractivity contribution is 0.0489. The molecule has 1 aliphatic rings. The summed E-state index contributed by atoms with van der Waals surface area (Å²) in [5, 5.41) is 8.94. The Morgan fingerprint density at radius 2 is 2.08 bits per heavy atom. The standard InChI is InChI=1S/C22H27N3O/c1-2-26-18-22(10-9-19-5-7-20(14-23)8-6-19)11-13-25(17-22)16-21-4-3-12-24-15-21/h3-8,12,15H,2,9-11,13,16-18H2,1H3/t22-/m1/s1. The number of pyridine rings is 1. The summed E-state index contributed by atoms with van der Waals surface area (Å²) in [7, 11) is 0. The zero-order valence-corrected chi connectivity index (χ0v) is 15.5. The number of rotatable bonds is 8. The summed E-state index contributed by atoms with van der Waals surface area (Å²) in [6, 6.07) is 14.3. The summed E-state index contributed by atoms with van der Waals surface area (Å²) < 4.78 is 5.86. The van der Waals surface area contributed by atoms with Crippen LogP contribution in [0.1, 0.15) is 36.5 Å². The van der Waals surface area contributed by atoms with E-state index in [4.69, 9.17) is 10.00 Å². The molecular formula is C22H27N3O. The van der Waals surface area contributed by atoms with Crippen LogP contribution in [-0.4, -0.2) is 36.2 Å². The van der Waals surface area contributed by atoms with Crippen molar-refractivity contribution < 1.29 is 4.74 Å². The highest BCUT2D eigenvalue weighted by molar-refractivity contribution is 5.31. The van der Waals surface area contributed by atoms with Gasteiger partial charge in [0.25, 0.3) is 0 Å². The number of hydrogen-bond acceptors (Lipinski definition) is 4. The van der Waals surface area contributed by atoms with E-state index >= 15 is 0 Å². The molecular weight excluding hydrogens is 322 g/mol. The number of aromatic nitrogens is 1. The van der Waals surface area contributed by atoms with E-state index in [1.807, 2.05) is 30.6 Å². The summed E-state index contributed by atoms with van der Waals surface area (Å²) in [4.78, 5) is 6.75. The van der Waals surface area contributed by atoms with Gasteiger partial charge in [-0.15, -0.1) is 0 Å². The van der Waals surface area contributed by atoms with Gasteiger partial charge in [0.15, 0.2) is 0 Å². The molecule has 2 heterocycles. The van der Waals surface area contributed by atoms with Gasteiger partial charge in [-0.05, 0) is 62.1 Å². The van der Waals surface area contributed by atoms with Crippen LogP contribution in [0.4, 0.5) is 0 Å². The van der Waals surface area contributed by atoms with E-state index in [0.29, 0.717) is 0 Å². The monoisotopic (exact) mass is 349 g/mol. The van der Waals surface area contributed by atoms with Gasteiger partial charge in [-0.1, -0.05) is 18.2 Å². The summed E-state index contributed by atoms with van der Waals surface area (Å²) in [6.45, 7) is 6.79. The fourth-order valence-electron chi connectivity index (χ4n) is 3.78. The summed E-state index contributed by atoms with van der Waals surface area (Å²) >= 11 is 0. The predicted molar refractivity (Wildman–Crippen MR) is 103 cm³/mol. The lowest BCUT2D eigenvalue weighted by Crippen LogP contribution is -2.32. The molecule has 0 bridgehead atoms. The highest BCUT2D eigenvalue weighted by atomic mass is 16.5. The van der Waals surface area contributed by atoms with Gasteiger partial charge >= 0.3 is 0 Å². The molecule has 2 aromatic rings. The molecule has 1 atom stereocenters. The van der Waals surface area contributed by atoms with Gasteiger partial charge in [0.1, 0.15) is 0 Å². The first-order valence-electron chi connectivity index (χ1n) is 9.41. The lowest BCUT2D eigenvalue weighted by Gasteiger charge is -2.29. The van der Waals surface area contributed by atoms with Gasteiger partial charge in [0.05, 0.1) is 18.2 Å². The van der Waals surface area contributed by atoms with Crippen LogP contribution >= 0.6 is 0 Å². The van der Waals surface area contributed by atoms with Crippen molar-refractivity contribution in [3.8, 4) is 6.07 Å². The average molecular weight is 349 g/mol. The van der Waals surface area contributed by atoms with Crippen molar-refractivity contribution in [2.75, 3.05) is 26.3 Å². The van der Waals surface area contributed by atoms with E-state index in [0.717, 1.165) is 51.3 Å². The number of benzene rings is 1. The first-order chi connectivity index (χ1) is 12.7. The number of aryl methyl sites for hydroxylation is 1. The molecule has 1 fully saturated rings. The van der Waals surface area contributed by atoms with Crippen LogP contribution in [0.25, 0.3) is 0 Å². The Morgan fingerprint density at radius 1 is 1.23 bits per heavy atom. The highest BCUT2D eigenvalue weighted by Crippen LogP contribution is 2.36. The Labute approximate surface area is 156 Å². The molecule has 136 valence electrons. The minimum Gasteiger partial charge on any atom is -0.381 e. The Balaban J connectivity index is 1.62. The zero-order valence-electron chi connectivity index (χ0n) is 15.5. The second-order valence-electron chi connectivity index (χ2n) is 7.27. The quantitative estimate of drug-likeness (QED) is 0.727. The maximum absolute atomic E-state index is 8.94. The van der Waals surface area contributed by atoms with Gasteiger partial charge in [-0.2, -0.15) is 5.26 Å². The minimum atomic E-state index is 0.214. The smallest absolute Gasteiger partial charge is 0.0991 e. The van der Waals surface area contributed by atoms with Crippen LogP contribution in [0, 0.1) is 16.7 Å². The molecule has 1 aromatic carbocycles. The number of ether oxygens (including phenoxy) is 1. The van der Waals surface area contributed by atoms with Crippen LogP contribution in [-0.2, 0) is 17.7 Å². The molecule has 3 rings (SSSR count). The second-order valence-corrected chi connectivity index (χ2v) is 7.27. The van der Waals surface area contributed by atoms with Crippen LogP contribution in [0.15, 0.2) is 48.8 Å². The van der Waals surface area contributed by atoms with E-state index in [1.54, 1.807) is 0 Å². The Morgan fingerprint density at radius 3 is 2.77 bits per heavy atom. The lowest BCUT2D eigenvalue weighted by atomic mass is 9.82. The summed E-state index contributed by atoms with van der Waals surface area (Å²) in [6.07, 6.45) is 7.09. The van der Waals surface area contributed by atoms with E-state index in [2.05, 4.69) is 41.1 Å². The molecule has 0 spiro atoms. The fraction of sp³-hybridized carbons (Fsp3) is 0.455. The van der Waals surface area contributed by atoms with E-state index in [-0.39, 0.29) is 5.41 Å². The molecule has 26 heavy (non-hydrogen) atoms. The molecule has 4 nitrogen and oxygen atoms in total. The first kappa shape index (κ1) is 18.6. The maximum Gasteiger partial charge on any atom is 0.0991 e. The number of hydrogen-bond donors (Lipinski definition) is 0. The van der Waals surface area contributed by atoms with Crippen molar-refractivity contribution in [1.29, 1.82) is 5.26 Å². The van der Waals surface area contributed by atoms with Crippen molar-refractivity contribution in [3.63, 3.8) is 0 Å². The largest absolute Gasteiger partial charge is 0.381 e. The minimum absolute atomic E-state index is 0.214. The molecule has 0 radical (unpaired) electrons. The molecule has 0 aliphatic carbocycles. The van der Waals surface area contributed by atoms with E-state index < -0.39 is 0 Å². The van der Waals surface area contributed by atoms with Gasteiger partial charge in [0.2, 0.25) is 0 Å². The second kappa shape index (κ2) is 8.93. The number of nitrogens with zero attached hydrogens (tertiary/aromatic N) is 3.